The molecular formula is C13H8ClF3N. The van der Waals surface area contributed by atoms with Crippen LogP contribution in [-0.2, 0) is 6.18 Å². The molecule has 1 heterocycles. The van der Waals surface area contributed by atoms with Crippen molar-refractivity contribution in [1.29, 1.82) is 0 Å². The van der Waals surface area contributed by atoms with Crippen molar-refractivity contribution in [3.05, 3.63) is 70.9 Å². The number of alkyl halides is 3. The second-order valence-corrected chi connectivity index (χ2v) is 4.01. The minimum absolute atomic E-state index is 0.0469. The highest BCUT2D eigenvalue weighted by Gasteiger charge is 2.33. The van der Waals surface area contributed by atoms with Gasteiger partial charge in [0.2, 0.25) is 0 Å². The number of rotatable bonds is 2. The van der Waals surface area contributed by atoms with Crippen molar-refractivity contribution >= 4 is 11.6 Å². The van der Waals surface area contributed by atoms with E-state index in [9.17, 15) is 13.2 Å². The topological polar surface area (TPSA) is 12.9 Å². The molecule has 0 aliphatic heterocycles. The van der Waals surface area contributed by atoms with Crippen LogP contribution in [0.4, 0.5) is 13.2 Å². The summed E-state index contributed by atoms with van der Waals surface area (Å²) in [5.74, 6) is 0. The zero-order valence-electron chi connectivity index (χ0n) is 9.08. The molecule has 93 valence electrons. The molecule has 1 radical (unpaired) electrons. The maximum atomic E-state index is 12.8. The Kier molecular flexibility index (Phi) is 3.57. The highest BCUT2D eigenvalue weighted by Crippen LogP contribution is 2.33. The molecule has 2 rings (SSSR count). The zero-order valence-corrected chi connectivity index (χ0v) is 9.83. The fourth-order valence-electron chi connectivity index (χ4n) is 1.53. The average molecular weight is 271 g/mol. The normalized spacial score (nSPS) is 11.6. The van der Waals surface area contributed by atoms with Crippen molar-refractivity contribution in [2.24, 2.45) is 0 Å². The number of halogens is 4. The van der Waals surface area contributed by atoms with Gasteiger partial charge < -0.3 is 0 Å². The molecule has 0 N–H and O–H groups in total. The van der Waals surface area contributed by atoms with Crippen LogP contribution in [0, 0.1) is 6.42 Å². The van der Waals surface area contributed by atoms with Gasteiger partial charge in [0, 0.05) is 12.6 Å². The molecule has 0 fully saturated rings. The van der Waals surface area contributed by atoms with E-state index < -0.39 is 11.7 Å². The summed E-state index contributed by atoms with van der Waals surface area (Å²) in [6.45, 7) is 0. The Morgan fingerprint density at radius 1 is 1.06 bits per heavy atom. The monoisotopic (exact) mass is 270 g/mol. The summed E-state index contributed by atoms with van der Waals surface area (Å²) in [7, 11) is 0. The molecule has 1 aromatic heterocycles. The van der Waals surface area contributed by atoms with Gasteiger partial charge in [-0.2, -0.15) is 13.2 Å². The van der Waals surface area contributed by atoms with Crippen molar-refractivity contribution < 1.29 is 13.2 Å². The van der Waals surface area contributed by atoms with E-state index >= 15 is 0 Å². The van der Waals surface area contributed by atoms with E-state index in [-0.39, 0.29) is 5.56 Å². The standard InChI is InChI=1S/C13H8ClF3N/c14-11-6-3-7-18-12(11)8-9-4-1-2-5-10(9)13(15,16)17/h1-8H. The summed E-state index contributed by atoms with van der Waals surface area (Å²) in [6, 6.07) is 8.50. The molecule has 0 saturated heterocycles. The fourth-order valence-corrected chi connectivity index (χ4v) is 1.71. The van der Waals surface area contributed by atoms with Crippen molar-refractivity contribution in [1.82, 2.24) is 4.98 Å². The molecule has 18 heavy (non-hydrogen) atoms. The van der Waals surface area contributed by atoms with Gasteiger partial charge in [0.25, 0.3) is 0 Å². The van der Waals surface area contributed by atoms with Gasteiger partial charge in [0.05, 0.1) is 16.3 Å². The number of pyridine rings is 1. The van der Waals surface area contributed by atoms with Crippen LogP contribution in [0.15, 0.2) is 42.6 Å². The predicted molar refractivity (Wildman–Crippen MR) is 63.2 cm³/mol. The third kappa shape index (κ3) is 2.82. The Bertz CT molecular complexity index is 552. The first-order chi connectivity index (χ1) is 8.48. The van der Waals surface area contributed by atoms with Gasteiger partial charge in [-0.25, -0.2) is 0 Å². The highest BCUT2D eigenvalue weighted by molar-refractivity contribution is 6.31. The van der Waals surface area contributed by atoms with Gasteiger partial charge in [-0.1, -0.05) is 29.8 Å². The average Bonchev–Trinajstić information content (AvgIpc) is 2.31. The molecule has 0 unspecified atom stereocenters. The second kappa shape index (κ2) is 4.98. The summed E-state index contributed by atoms with van der Waals surface area (Å²) >= 11 is 5.87. The number of aromatic nitrogens is 1. The molecule has 0 bridgehead atoms. The predicted octanol–water partition coefficient (Wildman–Crippen LogP) is 4.35. The summed E-state index contributed by atoms with van der Waals surface area (Å²) in [4.78, 5) is 3.94. The van der Waals surface area contributed by atoms with Crippen molar-refractivity contribution in [2.75, 3.05) is 0 Å². The lowest BCUT2D eigenvalue weighted by Gasteiger charge is -2.12. The minimum Gasteiger partial charge on any atom is -0.259 e. The number of benzene rings is 1. The summed E-state index contributed by atoms with van der Waals surface area (Å²) in [6.07, 6.45) is -1.59. The molecule has 1 nitrogen and oxygen atoms in total. The van der Waals surface area contributed by atoms with Crippen LogP contribution >= 0.6 is 11.6 Å². The fraction of sp³-hybridized carbons (Fsp3) is 0.0769. The Balaban J connectivity index is 2.39. The van der Waals surface area contributed by atoms with Gasteiger partial charge >= 0.3 is 6.18 Å². The van der Waals surface area contributed by atoms with Gasteiger partial charge in [-0.05, 0) is 23.8 Å². The van der Waals surface area contributed by atoms with E-state index in [4.69, 9.17) is 11.6 Å². The largest absolute Gasteiger partial charge is 0.416 e. The van der Waals surface area contributed by atoms with Crippen LogP contribution in [0.25, 0.3) is 0 Å². The smallest absolute Gasteiger partial charge is 0.259 e. The van der Waals surface area contributed by atoms with Crippen molar-refractivity contribution in [2.45, 2.75) is 6.18 Å². The van der Waals surface area contributed by atoms with Crippen LogP contribution in [0.5, 0.6) is 0 Å². The van der Waals surface area contributed by atoms with Crippen LogP contribution in [-0.4, -0.2) is 4.98 Å². The molecule has 5 heteroatoms. The number of nitrogens with zero attached hydrogens (tertiary/aromatic N) is 1. The quantitative estimate of drug-likeness (QED) is 0.790. The summed E-state index contributed by atoms with van der Waals surface area (Å²) in [5.41, 5.74) is -0.340. The minimum atomic E-state index is -4.39. The Labute approximate surface area is 107 Å². The number of hydrogen-bond acceptors (Lipinski definition) is 1. The summed E-state index contributed by atoms with van der Waals surface area (Å²) < 4.78 is 38.3. The number of hydrogen-bond donors (Lipinski definition) is 0. The first-order valence-electron chi connectivity index (χ1n) is 5.10. The Morgan fingerprint density at radius 3 is 2.44 bits per heavy atom. The van der Waals surface area contributed by atoms with E-state index in [0.717, 1.165) is 6.07 Å². The molecule has 0 aliphatic carbocycles. The van der Waals surface area contributed by atoms with Crippen LogP contribution in [0.3, 0.4) is 0 Å². The molecule has 0 saturated carbocycles. The lowest BCUT2D eigenvalue weighted by molar-refractivity contribution is -0.137. The molecule has 0 aliphatic rings. The van der Waals surface area contributed by atoms with Crippen LogP contribution in [0.2, 0.25) is 5.02 Å². The van der Waals surface area contributed by atoms with Crippen LogP contribution < -0.4 is 0 Å². The van der Waals surface area contributed by atoms with E-state index in [1.165, 1.54) is 30.8 Å². The SMILES string of the molecule is FC(F)(F)c1ccccc1[CH]c1ncccc1Cl. The van der Waals surface area contributed by atoms with E-state index in [1.54, 1.807) is 12.1 Å². The van der Waals surface area contributed by atoms with Gasteiger partial charge in [-0.15, -0.1) is 0 Å². The lowest BCUT2D eigenvalue weighted by atomic mass is 10.0. The third-order valence-electron chi connectivity index (χ3n) is 2.35. The zero-order chi connectivity index (χ0) is 13.2. The van der Waals surface area contributed by atoms with E-state index in [0.29, 0.717) is 10.7 Å². The second-order valence-electron chi connectivity index (χ2n) is 3.60. The molecular weight excluding hydrogens is 263 g/mol. The van der Waals surface area contributed by atoms with E-state index in [1.807, 2.05) is 0 Å². The maximum absolute atomic E-state index is 12.8. The van der Waals surface area contributed by atoms with Gasteiger partial charge in [-0.3, -0.25) is 4.98 Å². The molecule has 1 aromatic carbocycles. The summed E-state index contributed by atoms with van der Waals surface area (Å²) in [5, 5.41) is 0.314. The van der Waals surface area contributed by atoms with Crippen molar-refractivity contribution in [3.63, 3.8) is 0 Å². The first kappa shape index (κ1) is 12.9. The molecule has 0 amide bonds. The van der Waals surface area contributed by atoms with Crippen molar-refractivity contribution in [3.8, 4) is 0 Å². The van der Waals surface area contributed by atoms with E-state index in [2.05, 4.69) is 4.98 Å². The highest BCUT2D eigenvalue weighted by atomic mass is 35.5. The molecule has 0 spiro atoms. The lowest BCUT2D eigenvalue weighted by Crippen LogP contribution is -2.08. The molecule has 2 aromatic rings. The Morgan fingerprint density at radius 2 is 1.78 bits per heavy atom. The van der Waals surface area contributed by atoms with Crippen LogP contribution in [0.1, 0.15) is 16.8 Å². The molecule has 0 atom stereocenters. The van der Waals surface area contributed by atoms with Gasteiger partial charge in [0.15, 0.2) is 0 Å². The third-order valence-corrected chi connectivity index (χ3v) is 2.66. The first-order valence-corrected chi connectivity index (χ1v) is 5.48. The maximum Gasteiger partial charge on any atom is 0.416 e. The van der Waals surface area contributed by atoms with Gasteiger partial charge in [0.1, 0.15) is 0 Å². The Hall–Kier alpha value is -1.55.